The van der Waals surface area contributed by atoms with Crippen LogP contribution in [0, 0.1) is 24.0 Å². The Morgan fingerprint density at radius 2 is 1.62 bits per heavy atom. The third kappa shape index (κ3) is 5.10. The number of hydrogen-bond donors (Lipinski definition) is 2. The van der Waals surface area contributed by atoms with Crippen molar-refractivity contribution in [1.82, 2.24) is 14.9 Å². The molecule has 210 valence electrons. The van der Waals surface area contributed by atoms with Gasteiger partial charge in [0.15, 0.2) is 5.11 Å². The molecule has 10 heteroatoms. The topological polar surface area (TPSA) is 96.5 Å². The summed E-state index contributed by atoms with van der Waals surface area (Å²) < 4.78 is 2.07. The predicted molar refractivity (Wildman–Crippen MR) is 169 cm³/mol. The standard InChI is InChI=1S/C32H27N5O3S2/c1-20-19-26(21(2)35(20)28-8-3-4-9-29(28)38)31-30(27-7-5-6-18-33-27)34-32(41)36(31)22-10-14-24(15-11-22)42-25-16-12-23(13-17-25)37(39)40/h3-19,30-31,38H,1-2H3,(H,34,41)/t30-,31+/m0/s1. The van der Waals surface area contributed by atoms with Crippen LogP contribution in [0.1, 0.15) is 34.7 Å². The van der Waals surface area contributed by atoms with Crippen molar-refractivity contribution in [3.8, 4) is 11.4 Å². The molecule has 0 aliphatic carbocycles. The van der Waals surface area contributed by atoms with Crippen LogP contribution in [0.3, 0.4) is 0 Å². The first-order valence-corrected chi connectivity index (χ1v) is 14.5. The lowest BCUT2D eigenvalue weighted by Crippen LogP contribution is -2.29. The highest BCUT2D eigenvalue weighted by molar-refractivity contribution is 7.99. The van der Waals surface area contributed by atoms with E-state index in [-0.39, 0.29) is 23.5 Å². The number of para-hydroxylation sites is 2. The van der Waals surface area contributed by atoms with E-state index in [2.05, 4.69) is 32.8 Å². The van der Waals surface area contributed by atoms with Crippen molar-refractivity contribution >= 4 is 40.5 Å². The minimum absolute atomic E-state index is 0.0695. The fourth-order valence-electron chi connectivity index (χ4n) is 5.51. The van der Waals surface area contributed by atoms with Gasteiger partial charge >= 0.3 is 0 Å². The monoisotopic (exact) mass is 593 g/mol. The molecule has 3 heterocycles. The zero-order valence-corrected chi connectivity index (χ0v) is 24.5. The summed E-state index contributed by atoms with van der Waals surface area (Å²) in [6.07, 6.45) is 1.79. The largest absolute Gasteiger partial charge is 0.506 e. The van der Waals surface area contributed by atoms with Crippen LogP contribution in [-0.2, 0) is 0 Å². The number of hydrogen-bond acceptors (Lipinski definition) is 6. The van der Waals surface area contributed by atoms with Gasteiger partial charge in [-0.3, -0.25) is 15.1 Å². The van der Waals surface area contributed by atoms with Gasteiger partial charge in [-0.15, -0.1) is 0 Å². The van der Waals surface area contributed by atoms with Gasteiger partial charge < -0.3 is 19.9 Å². The van der Waals surface area contributed by atoms with Crippen molar-refractivity contribution in [3.63, 3.8) is 0 Å². The van der Waals surface area contributed by atoms with Gasteiger partial charge in [0.1, 0.15) is 5.75 Å². The van der Waals surface area contributed by atoms with E-state index in [1.807, 2.05) is 67.6 Å². The number of phenolic OH excluding ortho intramolecular Hbond substituents is 1. The molecule has 0 spiro atoms. The number of non-ortho nitro benzene ring substituents is 1. The fourth-order valence-corrected chi connectivity index (χ4v) is 6.67. The molecule has 0 unspecified atom stereocenters. The SMILES string of the molecule is Cc1cc([C@@H]2[C@H](c3ccccn3)NC(=S)N2c2ccc(Sc3ccc([N+](=O)[O-])cc3)cc2)c(C)n1-c1ccccc1O. The first-order valence-electron chi connectivity index (χ1n) is 13.3. The number of benzene rings is 3. The van der Waals surface area contributed by atoms with Crippen LogP contribution in [-0.4, -0.2) is 24.7 Å². The summed E-state index contributed by atoms with van der Waals surface area (Å²) in [5.74, 6) is 0.213. The number of pyridine rings is 1. The van der Waals surface area contributed by atoms with Gasteiger partial charge in [-0.2, -0.15) is 0 Å². The van der Waals surface area contributed by atoms with Crippen LogP contribution in [0.4, 0.5) is 11.4 Å². The lowest BCUT2D eigenvalue weighted by molar-refractivity contribution is -0.384. The Morgan fingerprint density at radius 3 is 2.26 bits per heavy atom. The quantitative estimate of drug-likeness (QED) is 0.114. The average molecular weight is 594 g/mol. The molecular formula is C32H27N5O3S2. The summed E-state index contributed by atoms with van der Waals surface area (Å²) >= 11 is 7.46. The van der Waals surface area contributed by atoms with Crippen LogP contribution in [0.15, 0.2) is 113 Å². The molecule has 1 saturated heterocycles. The molecule has 1 aliphatic rings. The highest BCUT2D eigenvalue weighted by atomic mass is 32.2. The Hall–Kier alpha value is -4.67. The van der Waals surface area contributed by atoms with Crippen molar-refractivity contribution < 1.29 is 10.0 Å². The molecule has 1 fully saturated rings. The van der Waals surface area contributed by atoms with E-state index in [1.165, 1.54) is 23.9 Å². The number of aromatic nitrogens is 2. The zero-order chi connectivity index (χ0) is 29.4. The number of nitro groups is 1. The van der Waals surface area contributed by atoms with Crippen LogP contribution in [0.2, 0.25) is 0 Å². The fraction of sp³-hybridized carbons (Fsp3) is 0.125. The summed E-state index contributed by atoms with van der Waals surface area (Å²) in [6, 6.07) is 29.6. The summed E-state index contributed by atoms with van der Waals surface area (Å²) in [5.41, 5.74) is 5.67. The Balaban J connectivity index is 1.38. The van der Waals surface area contributed by atoms with Crippen molar-refractivity contribution in [2.24, 2.45) is 0 Å². The third-order valence-corrected chi connectivity index (χ3v) is 8.74. The van der Waals surface area contributed by atoms with Crippen molar-refractivity contribution in [1.29, 1.82) is 0 Å². The minimum Gasteiger partial charge on any atom is -0.506 e. The van der Waals surface area contributed by atoms with Gasteiger partial charge in [-0.05, 0) is 98.4 Å². The van der Waals surface area contributed by atoms with E-state index in [1.54, 1.807) is 24.4 Å². The van der Waals surface area contributed by atoms with Crippen LogP contribution in [0.25, 0.3) is 5.69 Å². The summed E-state index contributed by atoms with van der Waals surface area (Å²) in [6.45, 7) is 4.10. The highest BCUT2D eigenvalue weighted by Gasteiger charge is 2.42. The lowest BCUT2D eigenvalue weighted by Gasteiger charge is -2.28. The molecule has 42 heavy (non-hydrogen) atoms. The molecule has 0 bridgehead atoms. The normalized spacial score (nSPS) is 16.4. The van der Waals surface area contributed by atoms with E-state index in [4.69, 9.17) is 12.2 Å². The number of nitrogens with one attached hydrogen (secondary N) is 1. The van der Waals surface area contributed by atoms with E-state index in [0.717, 1.165) is 43.8 Å². The number of thiocarbonyl (C=S) groups is 1. The minimum atomic E-state index is -0.398. The molecule has 0 radical (unpaired) electrons. The number of rotatable bonds is 7. The van der Waals surface area contributed by atoms with Crippen molar-refractivity contribution in [3.05, 3.63) is 136 Å². The summed E-state index contributed by atoms with van der Waals surface area (Å²) in [5, 5.41) is 25.8. The molecule has 2 N–H and O–H groups in total. The third-order valence-electron chi connectivity index (χ3n) is 7.41. The molecule has 0 saturated carbocycles. The molecule has 5 aromatic rings. The second-order valence-electron chi connectivity index (χ2n) is 9.99. The Kier molecular flexibility index (Phi) is 7.40. The Bertz CT molecular complexity index is 1770. The maximum Gasteiger partial charge on any atom is 0.269 e. The zero-order valence-electron chi connectivity index (χ0n) is 22.8. The number of nitro benzene ring substituents is 1. The second kappa shape index (κ2) is 11.3. The van der Waals surface area contributed by atoms with Gasteiger partial charge in [0, 0.05) is 45.2 Å². The van der Waals surface area contributed by atoms with Gasteiger partial charge in [0.2, 0.25) is 0 Å². The smallest absolute Gasteiger partial charge is 0.269 e. The van der Waals surface area contributed by atoms with E-state index >= 15 is 0 Å². The lowest BCUT2D eigenvalue weighted by atomic mass is 9.96. The van der Waals surface area contributed by atoms with E-state index in [9.17, 15) is 15.2 Å². The molecule has 0 amide bonds. The number of phenols is 1. The van der Waals surface area contributed by atoms with E-state index in [0.29, 0.717) is 5.11 Å². The van der Waals surface area contributed by atoms with Crippen LogP contribution < -0.4 is 10.2 Å². The maximum absolute atomic E-state index is 11.0. The number of aryl methyl sites for hydroxylation is 1. The summed E-state index contributed by atoms with van der Waals surface area (Å²) in [4.78, 5) is 19.3. The predicted octanol–water partition coefficient (Wildman–Crippen LogP) is 7.43. The molecular weight excluding hydrogens is 567 g/mol. The van der Waals surface area contributed by atoms with Crippen molar-refractivity contribution in [2.75, 3.05) is 4.90 Å². The van der Waals surface area contributed by atoms with Crippen molar-refractivity contribution in [2.45, 2.75) is 35.7 Å². The van der Waals surface area contributed by atoms with E-state index < -0.39 is 4.92 Å². The number of nitrogens with zero attached hydrogens (tertiary/aromatic N) is 4. The Morgan fingerprint density at radius 1 is 0.952 bits per heavy atom. The molecule has 3 aromatic carbocycles. The molecule has 2 atom stereocenters. The molecule has 6 rings (SSSR count). The second-order valence-corrected chi connectivity index (χ2v) is 11.5. The first kappa shape index (κ1) is 27.5. The number of anilines is 1. The van der Waals surface area contributed by atoms with Gasteiger partial charge in [0.25, 0.3) is 5.69 Å². The summed E-state index contributed by atoms with van der Waals surface area (Å²) in [7, 11) is 0. The maximum atomic E-state index is 11.0. The van der Waals surface area contributed by atoms with Gasteiger partial charge in [-0.1, -0.05) is 30.0 Å². The first-order chi connectivity index (χ1) is 20.3. The average Bonchev–Trinajstić information content (AvgIpc) is 3.49. The van der Waals surface area contributed by atoms with Crippen LogP contribution >= 0.6 is 24.0 Å². The molecule has 8 nitrogen and oxygen atoms in total. The molecule has 1 aliphatic heterocycles. The number of aromatic hydroxyl groups is 1. The molecule has 2 aromatic heterocycles. The highest BCUT2D eigenvalue weighted by Crippen LogP contribution is 2.44. The Labute approximate surface area is 252 Å². The van der Waals surface area contributed by atoms with Crippen LogP contribution in [0.5, 0.6) is 5.75 Å². The van der Waals surface area contributed by atoms with Gasteiger partial charge in [-0.25, -0.2) is 0 Å². The van der Waals surface area contributed by atoms with Gasteiger partial charge in [0.05, 0.1) is 28.4 Å².